The Hall–Kier alpha value is -3.54. The van der Waals surface area contributed by atoms with Gasteiger partial charge in [0.2, 0.25) is 0 Å². The highest BCUT2D eigenvalue weighted by atomic mass is 15.0. The summed E-state index contributed by atoms with van der Waals surface area (Å²) in [5.74, 6) is 1.16. The fraction of sp³-hybridized carbons (Fsp3) is 0.0526. The Morgan fingerprint density at radius 3 is 2.08 bits per heavy atom. The van der Waals surface area contributed by atoms with Crippen LogP contribution in [0.5, 0.6) is 0 Å². The van der Waals surface area contributed by atoms with E-state index in [9.17, 15) is 0 Å². The summed E-state index contributed by atoms with van der Waals surface area (Å²) in [5.41, 5.74) is 15.7. The molecular weight excluding hydrogens is 312 g/mol. The minimum Gasteiger partial charge on any atom is -0.382 e. The van der Waals surface area contributed by atoms with Crippen molar-refractivity contribution < 1.29 is 0 Å². The predicted molar refractivity (Wildman–Crippen MR) is 98.6 cm³/mol. The number of rotatable bonds is 3. The third-order valence-electron chi connectivity index (χ3n) is 3.91. The lowest BCUT2D eigenvalue weighted by Gasteiger charge is -2.09. The molecule has 0 saturated heterocycles. The van der Waals surface area contributed by atoms with E-state index in [0.29, 0.717) is 40.7 Å². The van der Waals surface area contributed by atoms with Crippen LogP contribution in [0.3, 0.4) is 0 Å². The van der Waals surface area contributed by atoms with Gasteiger partial charge < -0.3 is 11.5 Å². The molecule has 0 radical (unpaired) electrons. The van der Waals surface area contributed by atoms with E-state index in [1.807, 2.05) is 60.7 Å². The number of benzene rings is 2. The van der Waals surface area contributed by atoms with Gasteiger partial charge >= 0.3 is 0 Å². The van der Waals surface area contributed by atoms with Crippen molar-refractivity contribution in [3.8, 4) is 11.4 Å². The summed E-state index contributed by atoms with van der Waals surface area (Å²) in [6.07, 6.45) is 0.579. The van der Waals surface area contributed by atoms with Crippen molar-refractivity contribution >= 4 is 22.8 Å². The normalized spacial score (nSPS) is 10.9. The van der Waals surface area contributed by atoms with Crippen molar-refractivity contribution in [2.75, 3.05) is 11.5 Å². The first-order valence-corrected chi connectivity index (χ1v) is 7.89. The molecule has 0 spiro atoms. The molecule has 2 aromatic heterocycles. The Morgan fingerprint density at radius 1 is 0.680 bits per heavy atom. The van der Waals surface area contributed by atoms with Crippen LogP contribution in [-0.2, 0) is 6.42 Å². The Balaban J connectivity index is 1.80. The largest absolute Gasteiger partial charge is 0.382 e. The summed E-state index contributed by atoms with van der Waals surface area (Å²) in [6.45, 7) is 0. The summed E-state index contributed by atoms with van der Waals surface area (Å²) < 4.78 is 0. The molecule has 2 aromatic carbocycles. The molecule has 0 bridgehead atoms. The number of aromatic nitrogens is 4. The molecule has 4 rings (SSSR count). The smallest absolute Gasteiger partial charge is 0.186 e. The first-order valence-electron chi connectivity index (χ1n) is 7.89. The Morgan fingerprint density at radius 2 is 1.36 bits per heavy atom. The van der Waals surface area contributed by atoms with Gasteiger partial charge in [-0.05, 0) is 5.56 Å². The Kier molecular flexibility index (Phi) is 3.70. The number of anilines is 2. The first kappa shape index (κ1) is 15.0. The predicted octanol–water partition coefficient (Wildman–Crippen LogP) is 2.84. The number of fused-ring (bicyclic) bond motifs is 1. The van der Waals surface area contributed by atoms with Crippen LogP contribution in [0.2, 0.25) is 0 Å². The van der Waals surface area contributed by atoms with Gasteiger partial charge in [-0.2, -0.15) is 0 Å². The third kappa shape index (κ3) is 2.97. The Labute approximate surface area is 144 Å². The standard InChI is InChI=1S/C19H16N6/c20-16-14(11-12-7-3-1-4-8-12)22-15-17(21)24-18(25-19(15)23-16)13-9-5-2-6-10-13/h1-10H,11H2,(H4,20,21,23,24,25). The monoisotopic (exact) mass is 328 g/mol. The third-order valence-corrected chi connectivity index (χ3v) is 3.91. The van der Waals surface area contributed by atoms with Gasteiger partial charge in [-0.1, -0.05) is 60.7 Å². The summed E-state index contributed by atoms with van der Waals surface area (Å²) in [5, 5.41) is 0. The van der Waals surface area contributed by atoms with Crippen molar-refractivity contribution in [3.05, 3.63) is 71.9 Å². The molecule has 2 heterocycles. The lowest BCUT2D eigenvalue weighted by molar-refractivity contribution is 1.06. The molecule has 0 amide bonds. The van der Waals surface area contributed by atoms with Gasteiger partial charge in [-0.15, -0.1) is 0 Å². The van der Waals surface area contributed by atoms with Gasteiger partial charge in [0, 0.05) is 12.0 Å². The highest BCUT2D eigenvalue weighted by molar-refractivity contribution is 5.84. The van der Waals surface area contributed by atoms with Gasteiger partial charge in [-0.25, -0.2) is 19.9 Å². The fourth-order valence-electron chi connectivity index (χ4n) is 2.65. The molecule has 122 valence electrons. The maximum absolute atomic E-state index is 6.11. The van der Waals surface area contributed by atoms with Crippen LogP contribution < -0.4 is 11.5 Å². The van der Waals surface area contributed by atoms with Crippen LogP contribution in [0.1, 0.15) is 11.3 Å². The van der Waals surface area contributed by atoms with Gasteiger partial charge in [-0.3, -0.25) is 0 Å². The van der Waals surface area contributed by atoms with E-state index in [0.717, 1.165) is 11.1 Å². The molecule has 4 N–H and O–H groups in total. The zero-order valence-corrected chi connectivity index (χ0v) is 13.4. The van der Waals surface area contributed by atoms with Crippen molar-refractivity contribution in [1.82, 2.24) is 19.9 Å². The van der Waals surface area contributed by atoms with Gasteiger partial charge in [0.25, 0.3) is 0 Å². The molecule has 6 heteroatoms. The Bertz CT molecular complexity index is 1030. The summed E-state index contributed by atoms with van der Waals surface area (Å²) >= 11 is 0. The van der Waals surface area contributed by atoms with E-state index in [1.165, 1.54) is 0 Å². The quantitative estimate of drug-likeness (QED) is 0.599. The molecular formula is C19H16N6. The highest BCUT2D eigenvalue weighted by Gasteiger charge is 2.13. The maximum Gasteiger partial charge on any atom is 0.186 e. The summed E-state index contributed by atoms with van der Waals surface area (Å²) in [4.78, 5) is 17.8. The molecule has 0 aliphatic heterocycles. The average molecular weight is 328 g/mol. The SMILES string of the molecule is Nc1nc2nc(-c3ccccc3)nc(N)c2nc1Cc1ccccc1. The van der Waals surface area contributed by atoms with Crippen LogP contribution in [0.4, 0.5) is 11.6 Å². The molecule has 6 nitrogen and oxygen atoms in total. The number of hydrogen-bond donors (Lipinski definition) is 2. The van der Waals surface area contributed by atoms with E-state index in [-0.39, 0.29) is 0 Å². The average Bonchev–Trinajstić information content (AvgIpc) is 2.64. The van der Waals surface area contributed by atoms with E-state index >= 15 is 0 Å². The van der Waals surface area contributed by atoms with E-state index in [1.54, 1.807) is 0 Å². The van der Waals surface area contributed by atoms with Gasteiger partial charge in [0.1, 0.15) is 5.82 Å². The zero-order valence-electron chi connectivity index (χ0n) is 13.4. The van der Waals surface area contributed by atoms with Crippen LogP contribution in [0.15, 0.2) is 60.7 Å². The van der Waals surface area contributed by atoms with Gasteiger partial charge in [0.05, 0.1) is 5.69 Å². The molecule has 0 unspecified atom stereocenters. The minimum absolute atomic E-state index is 0.297. The van der Waals surface area contributed by atoms with E-state index in [2.05, 4.69) is 19.9 Å². The minimum atomic E-state index is 0.297. The van der Waals surface area contributed by atoms with Crippen LogP contribution in [0.25, 0.3) is 22.6 Å². The van der Waals surface area contributed by atoms with E-state index in [4.69, 9.17) is 11.5 Å². The number of nitrogens with zero attached hydrogens (tertiary/aromatic N) is 4. The van der Waals surface area contributed by atoms with Crippen molar-refractivity contribution in [2.45, 2.75) is 6.42 Å². The molecule has 4 aromatic rings. The fourth-order valence-corrected chi connectivity index (χ4v) is 2.65. The van der Waals surface area contributed by atoms with Crippen molar-refractivity contribution in [3.63, 3.8) is 0 Å². The second-order valence-corrected chi connectivity index (χ2v) is 5.69. The molecule has 25 heavy (non-hydrogen) atoms. The maximum atomic E-state index is 6.11. The molecule has 0 aliphatic rings. The van der Waals surface area contributed by atoms with Crippen LogP contribution in [0, 0.1) is 0 Å². The molecule has 0 atom stereocenters. The molecule has 0 fully saturated rings. The first-order chi connectivity index (χ1) is 12.2. The van der Waals surface area contributed by atoms with Crippen molar-refractivity contribution in [1.29, 1.82) is 0 Å². The second-order valence-electron chi connectivity index (χ2n) is 5.69. The molecule has 0 saturated carbocycles. The summed E-state index contributed by atoms with van der Waals surface area (Å²) in [6, 6.07) is 19.6. The lowest BCUT2D eigenvalue weighted by Crippen LogP contribution is -2.07. The second kappa shape index (κ2) is 6.16. The van der Waals surface area contributed by atoms with Gasteiger partial charge in [0.15, 0.2) is 22.8 Å². The van der Waals surface area contributed by atoms with E-state index < -0.39 is 0 Å². The number of hydrogen-bond acceptors (Lipinski definition) is 6. The molecule has 0 aliphatic carbocycles. The summed E-state index contributed by atoms with van der Waals surface area (Å²) in [7, 11) is 0. The van der Waals surface area contributed by atoms with Crippen molar-refractivity contribution in [2.24, 2.45) is 0 Å². The number of nitrogen functional groups attached to an aromatic ring is 2. The zero-order chi connectivity index (χ0) is 17.2. The topological polar surface area (TPSA) is 104 Å². The van der Waals surface area contributed by atoms with Crippen LogP contribution >= 0.6 is 0 Å². The lowest BCUT2D eigenvalue weighted by atomic mass is 10.1. The highest BCUT2D eigenvalue weighted by Crippen LogP contribution is 2.23. The van der Waals surface area contributed by atoms with Crippen LogP contribution in [-0.4, -0.2) is 19.9 Å². The number of nitrogens with two attached hydrogens (primary N) is 2.